The molecule has 2 nitrogen and oxygen atoms in total. The van der Waals surface area contributed by atoms with Crippen LogP contribution in [-0.2, 0) is 4.79 Å². The van der Waals surface area contributed by atoms with Crippen molar-refractivity contribution in [2.45, 2.75) is 25.7 Å². The van der Waals surface area contributed by atoms with Crippen LogP contribution in [0.4, 0.5) is 0 Å². The molecule has 0 N–H and O–H groups in total. The van der Waals surface area contributed by atoms with Gasteiger partial charge in [0.25, 0.3) is 0 Å². The second-order valence-corrected chi connectivity index (χ2v) is 5.55. The monoisotopic (exact) mass is 278 g/mol. The Morgan fingerprint density at radius 1 is 0.952 bits per heavy atom. The van der Waals surface area contributed by atoms with Crippen LogP contribution in [0.5, 0.6) is 11.5 Å². The molecule has 0 spiro atoms. The Morgan fingerprint density at radius 2 is 1.71 bits per heavy atom. The summed E-state index contributed by atoms with van der Waals surface area (Å²) in [6.07, 6.45) is 3.30. The summed E-state index contributed by atoms with van der Waals surface area (Å²) in [5.74, 6) is 2.13. The second-order valence-electron chi connectivity index (χ2n) is 5.55. The van der Waals surface area contributed by atoms with Gasteiger partial charge in [0.15, 0.2) is 5.78 Å². The largest absolute Gasteiger partial charge is 0.457 e. The van der Waals surface area contributed by atoms with E-state index in [2.05, 4.69) is 6.07 Å². The van der Waals surface area contributed by atoms with Crippen molar-refractivity contribution >= 4 is 5.78 Å². The predicted octanol–water partition coefficient (Wildman–Crippen LogP) is 4.87. The molecule has 0 bridgehead atoms. The van der Waals surface area contributed by atoms with E-state index in [1.54, 1.807) is 6.08 Å². The summed E-state index contributed by atoms with van der Waals surface area (Å²) in [6, 6.07) is 17.8. The molecule has 0 aromatic heterocycles. The quantitative estimate of drug-likeness (QED) is 0.800. The van der Waals surface area contributed by atoms with Gasteiger partial charge in [-0.05, 0) is 55.2 Å². The average Bonchev–Trinajstić information content (AvgIpc) is 2.47. The summed E-state index contributed by atoms with van der Waals surface area (Å²) in [4.78, 5) is 11.7. The lowest BCUT2D eigenvalue weighted by Crippen LogP contribution is -2.11. The van der Waals surface area contributed by atoms with Gasteiger partial charge in [0.05, 0.1) is 0 Å². The third-order valence-corrected chi connectivity index (χ3v) is 3.73. The molecule has 3 rings (SSSR count). The topological polar surface area (TPSA) is 26.3 Å². The molecule has 106 valence electrons. The van der Waals surface area contributed by atoms with E-state index in [1.807, 2.05) is 55.5 Å². The molecule has 21 heavy (non-hydrogen) atoms. The molecule has 0 aliphatic heterocycles. The zero-order chi connectivity index (χ0) is 14.7. The van der Waals surface area contributed by atoms with Crippen LogP contribution in [0, 0.1) is 0 Å². The Hall–Kier alpha value is -2.35. The zero-order valence-corrected chi connectivity index (χ0v) is 12.1. The van der Waals surface area contributed by atoms with Gasteiger partial charge in [0.2, 0.25) is 0 Å². The van der Waals surface area contributed by atoms with Crippen LogP contribution < -0.4 is 4.74 Å². The van der Waals surface area contributed by atoms with Crippen LogP contribution in [0.1, 0.15) is 31.2 Å². The van der Waals surface area contributed by atoms with E-state index >= 15 is 0 Å². The molecule has 2 heteroatoms. The highest BCUT2D eigenvalue weighted by Gasteiger charge is 2.20. The molecular weight excluding hydrogens is 260 g/mol. The fraction of sp³-hybridized carbons (Fsp3) is 0.211. The fourth-order valence-corrected chi connectivity index (χ4v) is 2.79. The van der Waals surface area contributed by atoms with Crippen LogP contribution in [-0.4, -0.2) is 5.78 Å². The minimum atomic E-state index is 0.220. The van der Waals surface area contributed by atoms with E-state index in [-0.39, 0.29) is 11.7 Å². The van der Waals surface area contributed by atoms with E-state index in [0.29, 0.717) is 6.42 Å². The zero-order valence-electron chi connectivity index (χ0n) is 12.1. The lowest BCUT2D eigenvalue weighted by molar-refractivity contribution is -0.115. The summed E-state index contributed by atoms with van der Waals surface area (Å²) >= 11 is 0. The normalized spacial score (nSPS) is 18.2. The number of para-hydroxylation sites is 1. The molecule has 0 saturated carbocycles. The van der Waals surface area contributed by atoms with Gasteiger partial charge < -0.3 is 4.74 Å². The number of ketones is 1. The van der Waals surface area contributed by atoms with Crippen molar-refractivity contribution < 1.29 is 9.53 Å². The summed E-state index contributed by atoms with van der Waals surface area (Å²) in [6.45, 7) is 2.02. The maximum Gasteiger partial charge on any atom is 0.156 e. The summed E-state index contributed by atoms with van der Waals surface area (Å²) in [5, 5.41) is 0. The molecule has 1 aliphatic carbocycles. The minimum Gasteiger partial charge on any atom is -0.457 e. The average molecular weight is 278 g/mol. The van der Waals surface area contributed by atoms with Gasteiger partial charge in [-0.1, -0.05) is 35.9 Å². The van der Waals surface area contributed by atoms with Gasteiger partial charge in [-0.25, -0.2) is 0 Å². The van der Waals surface area contributed by atoms with Gasteiger partial charge in [-0.15, -0.1) is 0 Å². The third kappa shape index (κ3) is 3.40. The molecule has 2 aromatic rings. The highest BCUT2D eigenvalue weighted by Crippen LogP contribution is 2.33. The number of carbonyl (C=O) groups is 1. The fourth-order valence-electron chi connectivity index (χ4n) is 2.79. The first-order valence-corrected chi connectivity index (χ1v) is 7.23. The molecule has 0 unspecified atom stereocenters. The first-order valence-electron chi connectivity index (χ1n) is 7.23. The summed E-state index contributed by atoms with van der Waals surface area (Å²) < 4.78 is 5.86. The highest BCUT2D eigenvalue weighted by molar-refractivity contribution is 5.91. The Balaban J connectivity index is 1.80. The van der Waals surface area contributed by atoms with Gasteiger partial charge in [-0.2, -0.15) is 0 Å². The van der Waals surface area contributed by atoms with E-state index in [9.17, 15) is 4.79 Å². The Morgan fingerprint density at radius 3 is 2.48 bits per heavy atom. The first-order chi connectivity index (χ1) is 10.2. The van der Waals surface area contributed by atoms with Crippen LogP contribution in [0.25, 0.3) is 0 Å². The molecule has 1 aliphatic rings. The van der Waals surface area contributed by atoms with E-state index in [4.69, 9.17) is 4.74 Å². The van der Waals surface area contributed by atoms with Crippen molar-refractivity contribution in [3.8, 4) is 11.5 Å². The molecule has 0 radical (unpaired) electrons. The van der Waals surface area contributed by atoms with Crippen molar-refractivity contribution in [3.63, 3.8) is 0 Å². The van der Waals surface area contributed by atoms with E-state index in [1.165, 1.54) is 5.56 Å². The smallest absolute Gasteiger partial charge is 0.156 e. The minimum absolute atomic E-state index is 0.220. The molecule has 1 atom stereocenters. The Bertz CT molecular complexity index is 671. The third-order valence-electron chi connectivity index (χ3n) is 3.73. The SMILES string of the molecule is CC1=CC(=O)C[C@@H](c2cccc(Oc3ccccc3)c2)C1. The van der Waals surface area contributed by atoms with Gasteiger partial charge in [0.1, 0.15) is 11.5 Å². The van der Waals surface area contributed by atoms with Crippen molar-refractivity contribution in [2.24, 2.45) is 0 Å². The molecule has 0 heterocycles. The number of ether oxygens (including phenoxy) is 1. The number of allylic oxidation sites excluding steroid dienone is 2. The molecular formula is C19H18O2. The van der Waals surface area contributed by atoms with Gasteiger partial charge in [-0.3, -0.25) is 4.79 Å². The standard InChI is InChI=1S/C19H18O2/c1-14-10-16(12-17(20)11-14)15-6-5-9-19(13-15)21-18-7-3-2-4-8-18/h2-9,11,13,16H,10,12H2,1H3/t16-/m0/s1. The van der Waals surface area contributed by atoms with Crippen molar-refractivity contribution in [1.29, 1.82) is 0 Å². The number of carbonyl (C=O) groups excluding carboxylic acids is 1. The van der Waals surface area contributed by atoms with Gasteiger partial charge >= 0.3 is 0 Å². The maximum absolute atomic E-state index is 11.7. The lowest BCUT2D eigenvalue weighted by Gasteiger charge is -2.21. The number of benzene rings is 2. The number of hydrogen-bond donors (Lipinski definition) is 0. The van der Waals surface area contributed by atoms with Crippen molar-refractivity contribution in [1.82, 2.24) is 0 Å². The van der Waals surface area contributed by atoms with Crippen LogP contribution in [0.3, 0.4) is 0 Å². The van der Waals surface area contributed by atoms with Crippen LogP contribution >= 0.6 is 0 Å². The molecule has 0 saturated heterocycles. The van der Waals surface area contributed by atoms with E-state index < -0.39 is 0 Å². The molecule has 0 amide bonds. The van der Waals surface area contributed by atoms with Gasteiger partial charge in [0, 0.05) is 6.42 Å². The highest BCUT2D eigenvalue weighted by atomic mass is 16.5. The first kappa shape index (κ1) is 13.6. The van der Waals surface area contributed by atoms with E-state index in [0.717, 1.165) is 23.5 Å². The number of rotatable bonds is 3. The molecule has 2 aromatic carbocycles. The second kappa shape index (κ2) is 5.96. The predicted molar refractivity (Wildman–Crippen MR) is 83.7 cm³/mol. The summed E-state index contributed by atoms with van der Waals surface area (Å²) in [5.41, 5.74) is 2.33. The Kier molecular flexibility index (Phi) is 3.87. The maximum atomic E-state index is 11.7. The lowest BCUT2D eigenvalue weighted by atomic mass is 9.84. The van der Waals surface area contributed by atoms with Crippen LogP contribution in [0.2, 0.25) is 0 Å². The molecule has 0 fully saturated rings. The van der Waals surface area contributed by atoms with Crippen molar-refractivity contribution in [3.05, 3.63) is 71.8 Å². The summed E-state index contributed by atoms with van der Waals surface area (Å²) in [7, 11) is 0. The number of hydrogen-bond acceptors (Lipinski definition) is 2. The van der Waals surface area contributed by atoms with Crippen molar-refractivity contribution in [2.75, 3.05) is 0 Å². The Labute approximate surface area is 125 Å². The van der Waals surface area contributed by atoms with Crippen LogP contribution in [0.15, 0.2) is 66.2 Å².